The highest BCUT2D eigenvalue weighted by molar-refractivity contribution is 5.96. The van der Waals surface area contributed by atoms with E-state index in [9.17, 15) is 0 Å². The summed E-state index contributed by atoms with van der Waals surface area (Å²) in [5, 5.41) is 1.12. The van der Waals surface area contributed by atoms with Crippen molar-refractivity contribution in [1.82, 2.24) is 4.98 Å². The molecule has 0 atom stereocenters. The minimum Gasteiger partial charge on any atom is -0.497 e. The molecule has 0 saturated carbocycles. The normalized spacial score (nSPS) is 13.8. The molecule has 4 nitrogen and oxygen atoms in total. The fourth-order valence-electron chi connectivity index (χ4n) is 3.89. The lowest BCUT2D eigenvalue weighted by atomic mass is 9.94. The molecule has 3 rings (SSSR count). The third-order valence-electron chi connectivity index (χ3n) is 5.15. The number of hydrogen-bond acceptors (Lipinski definition) is 4. The summed E-state index contributed by atoms with van der Waals surface area (Å²) in [6.07, 6.45) is 8.31. The zero-order valence-corrected chi connectivity index (χ0v) is 15.8. The Balaban J connectivity index is 1.87. The Morgan fingerprint density at radius 3 is 2.72 bits per heavy atom. The van der Waals surface area contributed by atoms with E-state index in [0.29, 0.717) is 0 Å². The zero-order chi connectivity index (χ0) is 17.6. The predicted octanol–water partition coefficient (Wildman–Crippen LogP) is 5.05. The first-order valence-electron chi connectivity index (χ1n) is 9.61. The van der Waals surface area contributed by atoms with Crippen molar-refractivity contribution in [3.63, 3.8) is 0 Å². The van der Waals surface area contributed by atoms with Crippen LogP contribution in [0.1, 0.15) is 46.0 Å². The topological polar surface area (TPSA) is 34.6 Å². The molecule has 25 heavy (non-hydrogen) atoms. The molecule has 0 saturated heterocycles. The maximum Gasteiger partial charge on any atom is 0.161 e. The van der Waals surface area contributed by atoms with Crippen molar-refractivity contribution < 1.29 is 9.47 Å². The lowest BCUT2D eigenvalue weighted by Gasteiger charge is -2.33. The van der Waals surface area contributed by atoms with Crippen molar-refractivity contribution in [2.45, 2.75) is 46.0 Å². The van der Waals surface area contributed by atoms with Gasteiger partial charge in [-0.05, 0) is 30.5 Å². The molecule has 136 valence electrons. The van der Waals surface area contributed by atoms with Gasteiger partial charge in [0.2, 0.25) is 0 Å². The molecule has 0 unspecified atom stereocenters. The van der Waals surface area contributed by atoms with Crippen molar-refractivity contribution in [2.75, 3.05) is 31.7 Å². The Kier molecular flexibility index (Phi) is 6.00. The van der Waals surface area contributed by atoms with Crippen LogP contribution in [0.15, 0.2) is 24.4 Å². The van der Waals surface area contributed by atoms with Gasteiger partial charge in [-0.3, -0.25) is 4.98 Å². The second kappa shape index (κ2) is 8.41. The smallest absolute Gasteiger partial charge is 0.161 e. The van der Waals surface area contributed by atoms with Crippen molar-refractivity contribution in [1.29, 1.82) is 0 Å². The van der Waals surface area contributed by atoms with E-state index in [0.717, 1.165) is 48.0 Å². The number of nitrogens with zero attached hydrogens (tertiary/aromatic N) is 2. The summed E-state index contributed by atoms with van der Waals surface area (Å²) in [5.41, 5.74) is 2.18. The summed E-state index contributed by atoms with van der Waals surface area (Å²) in [6, 6.07) is 6.07. The summed E-state index contributed by atoms with van der Waals surface area (Å²) < 4.78 is 11.3. The molecule has 0 radical (unpaired) electrons. The molecule has 4 heteroatoms. The molecule has 0 bridgehead atoms. The van der Waals surface area contributed by atoms with Crippen LogP contribution < -0.4 is 14.4 Å². The van der Waals surface area contributed by atoms with Gasteiger partial charge in [-0.15, -0.1) is 0 Å². The molecule has 0 amide bonds. The van der Waals surface area contributed by atoms with Gasteiger partial charge in [0, 0.05) is 11.9 Å². The number of benzene rings is 1. The van der Waals surface area contributed by atoms with Crippen LogP contribution in [-0.2, 0) is 0 Å². The quantitative estimate of drug-likeness (QED) is 0.672. The van der Waals surface area contributed by atoms with E-state index in [1.165, 1.54) is 37.8 Å². The molecular formula is C21H30N2O2. The van der Waals surface area contributed by atoms with Crippen molar-refractivity contribution >= 4 is 16.6 Å². The fourth-order valence-corrected chi connectivity index (χ4v) is 3.89. The van der Waals surface area contributed by atoms with Crippen LogP contribution in [0.2, 0.25) is 0 Å². The molecule has 1 aromatic carbocycles. The highest BCUT2D eigenvalue weighted by Crippen LogP contribution is 2.39. The predicted molar refractivity (Wildman–Crippen MR) is 104 cm³/mol. The van der Waals surface area contributed by atoms with Gasteiger partial charge in [0.05, 0.1) is 31.1 Å². The largest absolute Gasteiger partial charge is 0.497 e. The number of fused-ring (bicyclic) bond motifs is 3. The van der Waals surface area contributed by atoms with Crippen LogP contribution in [0.4, 0.5) is 5.69 Å². The van der Waals surface area contributed by atoms with Gasteiger partial charge in [0.1, 0.15) is 12.4 Å². The van der Waals surface area contributed by atoms with Crippen molar-refractivity contribution in [3.8, 4) is 11.5 Å². The van der Waals surface area contributed by atoms with E-state index in [-0.39, 0.29) is 0 Å². The molecule has 0 fully saturated rings. The lowest BCUT2D eigenvalue weighted by molar-refractivity contribution is 0.303. The van der Waals surface area contributed by atoms with Gasteiger partial charge < -0.3 is 14.4 Å². The first kappa shape index (κ1) is 17.8. The Labute approximate surface area is 151 Å². The molecule has 0 spiro atoms. The van der Waals surface area contributed by atoms with Gasteiger partial charge in [-0.25, -0.2) is 0 Å². The van der Waals surface area contributed by atoms with E-state index < -0.39 is 0 Å². The summed E-state index contributed by atoms with van der Waals surface area (Å²) in [4.78, 5) is 7.04. The molecule has 1 aliphatic rings. The second-order valence-electron chi connectivity index (χ2n) is 6.92. The molecule has 0 N–H and O–H groups in total. The number of methoxy groups -OCH3 is 1. The summed E-state index contributed by atoms with van der Waals surface area (Å²) >= 11 is 0. The van der Waals surface area contributed by atoms with E-state index in [1.807, 2.05) is 18.3 Å². The average Bonchev–Trinajstić information content (AvgIpc) is 2.65. The first-order valence-corrected chi connectivity index (χ1v) is 9.61. The molecule has 1 aliphatic heterocycles. The first-order chi connectivity index (χ1) is 12.3. The van der Waals surface area contributed by atoms with E-state index in [1.54, 1.807) is 7.11 Å². The summed E-state index contributed by atoms with van der Waals surface area (Å²) in [5.74, 6) is 2.58. The van der Waals surface area contributed by atoms with Crippen LogP contribution >= 0.6 is 0 Å². The van der Waals surface area contributed by atoms with E-state index in [2.05, 4.69) is 29.8 Å². The van der Waals surface area contributed by atoms with Gasteiger partial charge >= 0.3 is 0 Å². The Hall–Kier alpha value is -1.97. The minimum atomic E-state index is 0.733. The number of anilines is 1. The Bertz CT molecular complexity index is 690. The van der Waals surface area contributed by atoms with Crippen LogP contribution in [0, 0.1) is 5.92 Å². The van der Waals surface area contributed by atoms with Gasteiger partial charge in [-0.2, -0.15) is 0 Å². The molecule has 0 aliphatic carbocycles. The third kappa shape index (κ3) is 4.00. The van der Waals surface area contributed by atoms with Crippen LogP contribution in [-0.4, -0.2) is 31.8 Å². The number of hydrogen-bond donors (Lipinski definition) is 0. The maximum absolute atomic E-state index is 5.89. The Morgan fingerprint density at radius 1 is 1.20 bits per heavy atom. The summed E-state index contributed by atoms with van der Waals surface area (Å²) in [6.45, 7) is 7.33. The molecule has 2 aromatic rings. The molecular weight excluding hydrogens is 312 g/mol. The standard InChI is InChI=1S/C21H30N2O2/c1-4-6-16(7-5-2)10-11-23-12-13-25-20-15-22-19-9-8-17(24-3)14-18(19)21(20)23/h8-9,14-16H,4-7,10-13H2,1-3H3. The van der Waals surface area contributed by atoms with E-state index in [4.69, 9.17) is 9.47 Å². The SMILES string of the molecule is CCCC(CCC)CCN1CCOc2cnc3ccc(OC)cc3c21. The van der Waals surface area contributed by atoms with Gasteiger partial charge in [0.25, 0.3) is 0 Å². The Morgan fingerprint density at radius 2 is 2.00 bits per heavy atom. The molecule has 2 heterocycles. The fraction of sp³-hybridized carbons (Fsp3) is 0.571. The lowest BCUT2D eigenvalue weighted by Crippen LogP contribution is -2.34. The highest BCUT2D eigenvalue weighted by Gasteiger charge is 2.22. The van der Waals surface area contributed by atoms with Crippen LogP contribution in [0.3, 0.4) is 0 Å². The van der Waals surface area contributed by atoms with Crippen LogP contribution in [0.5, 0.6) is 11.5 Å². The number of ether oxygens (including phenoxy) is 2. The number of rotatable bonds is 8. The van der Waals surface area contributed by atoms with Gasteiger partial charge in [-0.1, -0.05) is 39.5 Å². The van der Waals surface area contributed by atoms with Crippen molar-refractivity contribution in [3.05, 3.63) is 24.4 Å². The monoisotopic (exact) mass is 342 g/mol. The highest BCUT2D eigenvalue weighted by atomic mass is 16.5. The zero-order valence-electron chi connectivity index (χ0n) is 15.8. The second-order valence-corrected chi connectivity index (χ2v) is 6.92. The number of aromatic nitrogens is 1. The van der Waals surface area contributed by atoms with E-state index >= 15 is 0 Å². The minimum absolute atomic E-state index is 0.733. The van der Waals surface area contributed by atoms with Gasteiger partial charge in [0.15, 0.2) is 5.75 Å². The van der Waals surface area contributed by atoms with Crippen molar-refractivity contribution in [2.24, 2.45) is 5.92 Å². The average molecular weight is 342 g/mol. The molecule has 1 aromatic heterocycles. The summed E-state index contributed by atoms with van der Waals surface area (Å²) in [7, 11) is 1.71. The third-order valence-corrected chi connectivity index (χ3v) is 5.15. The number of pyridine rings is 1. The van der Waals surface area contributed by atoms with Crippen LogP contribution in [0.25, 0.3) is 10.9 Å². The maximum atomic E-state index is 5.89.